The molecule has 0 saturated heterocycles. The first kappa shape index (κ1) is 17.5. The minimum absolute atomic E-state index is 0.0225. The minimum atomic E-state index is -3.66. The molecule has 0 fully saturated rings. The Balaban J connectivity index is 1.88. The number of hydrogen-bond donors (Lipinski definition) is 1. The van der Waals surface area contributed by atoms with Crippen molar-refractivity contribution >= 4 is 27.3 Å². The first-order chi connectivity index (χ1) is 11.9. The lowest BCUT2D eigenvalue weighted by molar-refractivity contribution is -0.116. The number of amides is 1. The number of carbonyl (C=O) groups excluding carboxylic acids is 1. The van der Waals surface area contributed by atoms with Crippen LogP contribution in [-0.4, -0.2) is 20.9 Å². The van der Waals surface area contributed by atoms with Crippen molar-refractivity contribution in [2.45, 2.75) is 38.0 Å². The highest BCUT2D eigenvalue weighted by Gasteiger charge is 2.23. The molecule has 1 heterocycles. The zero-order valence-electron chi connectivity index (χ0n) is 14.5. The van der Waals surface area contributed by atoms with Gasteiger partial charge in [-0.15, -0.1) is 0 Å². The van der Waals surface area contributed by atoms with E-state index in [1.165, 1.54) is 6.92 Å². The molecule has 0 saturated carbocycles. The number of aryl methyl sites for hydroxylation is 2. The van der Waals surface area contributed by atoms with E-state index in [1.54, 1.807) is 35.2 Å². The van der Waals surface area contributed by atoms with Crippen LogP contribution in [0.3, 0.4) is 0 Å². The van der Waals surface area contributed by atoms with Gasteiger partial charge in [0.1, 0.15) is 0 Å². The molecule has 1 N–H and O–H groups in total. The molecule has 0 bridgehead atoms. The fourth-order valence-corrected chi connectivity index (χ4v) is 4.20. The normalized spacial score (nSPS) is 14.1. The van der Waals surface area contributed by atoms with Crippen LogP contribution in [0.5, 0.6) is 0 Å². The zero-order chi connectivity index (χ0) is 18.0. The van der Waals surface area contributed by atoms with Gasteiger partial charge in [0, 0.05) is 24.8 Å². The minimum Gasteiger partial charge on any atom is -0.312 e. The number of sulfonamides is 1. The van der Waals surface area contributed by atoms with Crippen LogP contribution in [0, 0.1) is 0 Å². The summed E-state index contributed by atoms with van der Waals surface area (Å²) in [4.78, 5) is 13.7. The highest BCUT2D eigenvalue weighted by atomic mass is 32.2. The zero-order valence-corrected chi connectivity index (χ0v) is 15.3. The fraction of sp³-hybridized carbons (Fsp3) is 0.316. The maximum absolute atomic E-state index is 12.7. The molecule has 132 valence electrons. The second-order valence-electron chi connectivity index (χ2n) is 6.22. The molecule has 0 atom stereocenters. The molecule has 0 aromatic heterocycles. The van der Waals surface area contributed by atoms with Crippen molar-refractivity contribution in [1.82, 2.24) is 0 Å². The quantitative estimate of drug-likeness (QED) is 0.911. The lowest BCUT2D eigenvalue weighted by atomic mass is 10.0. The number of hydrogen-bond acceptors (Lipinski definition) is 3. The van der Waals surface area contributed by atoms with E-state index in [4.69, 9.17) is 0 Å². The van der Waals surface area contributed by atoms with Crippen molar-refractivity contribution in [2.75, 3.05) is 16.2 Å². The van der Waals surface area contributed by atoms with Crippen LogP contribution in [0.4, 0.5) is 11.4 Å². The standard InChI is InChI=1S/C19H22N2O3S/c1-3-15-6-8-17(9-7-15)20-25(23,24)18-10-11-19-16(13-18)5-4-12-21(19)14(2)22/h6-11,13,20H,3-5,12H2,1-2H3. The Morgan fingerprint density at radius 1 is 1.16 bits per heavy atom. The Morgan fingerprint density at radius 2 is 1.88 bits per heavy atom. The molecule has 1 aliphatic heterocycles. The van der Waals surface area contributed by atoms with Gasteiger partial charge < -0.3 is 4.90 Å². The number of carbonyl (C=O) groups is 1. The van der Waals surface area contributed by atoms with Crippen LogP contribution in [0.1, 0.15) is 31.4 Å². The largest absolute Gasteiger partial charge is 0.312 e. The van der Waals surface area contributed by atoms with Gasteiger partial charge in [-0.3, -0.25) is 9.52 Å². The van der Waals surface area contributed by atoms with Gasteiger partial charge in [0.15, 0.2) is 0 Å². The molecule has 0 unspecified atom stereocenters. The Labute approximate surface area is 148 Å². The number of fused-ring (bicyclic) bond motifs is 1. The first-order valence-electron chi connectivity index (χ1n) is 8.43. The Morgan fingerprint density at radius 3 is 2.52 bits per heavy atom. The van der Waals surface area contributed by atoms with Gasteiger partial charge in [0.2, 0.25) is 5.91 Å². The van der Waals surface area contributed by atoms with Crippen LogP contribution in [0.15, 0.2) is 47.4 Å². The molecule has 1 aliphatic rings. The average Bonchev–Trinajstić information content (AvgIpc) is 2.61. The van der Waals surface area contributed by atoms with Gasteiger partial charge in [-0.2, -0.15) is 0 Å². The van der Waals surface area contributed by atoms with E-state index in [0.717, 1.165) is 36.1 Å². The molecule has 0 spiro atoms. The van der Waals surface area contributed by atoms with Gasteiger partial charge >= 0.3 is 0 Å². The van der Waals surface area contributed by atoms with Crippen molar-refractivity contribution in [1.29, 1.82) is 0 Å². The molecule has 3 rings (SSSR count). The summed E-state index contributed by atoms with van der Waals surface area (Å²) in [7, 11) is -3.66. The predicted octanol–water partition coefficient (Wildman–Crippen LogP) is 3.35. The number of nitrogens with zero attached hydrogens (tertiary/aromatic N) is 1. The van der Waals surface area contributed by atoms with Gasteiger partial charge in [-0.05, 0) is 60.7 Å². The number of nitrogens with one attached hydrogen (secondary N) is 1. The second kappa shape index (κ2) is 6.88. The highest BCUT2D eigenvalue weighted by Crippen LogP contribution is 2.30. The molecule has 2 aromatic rings. The average molecular weight is 358 g/mol. The SMILES string of the molecule is CCc1ccc(NS(=O)(=O)c2ccc3c(c2)CCCN3C(C)=O)cc1. The smallest absolute Gasteiger partial charge is 0.261 e. The first-order valence-corrected chi connectivity index (χ1v) is 9.92. The van der Waals surface area contributed by atoms with Crippen molar-refractivity contribution < 1.29 is 13.2 Å². The monoisotopic (exact) mass is 358 g/mol. The van der Waals surface area contributed by atoms with Crippen molar-refractivity contribution in [3.8, 4) is 0 Å². The Kier molecular flexibility index (Phi) is 4.81. The van der Waals surface area contributed by atoms with Crippen LogP contribution >= 0.6 is 0 Å². The van der Waals surface area contributed by atoms with E-state index in [9.17, 15) is 13.2 Å². The maximum Gasteiger partial charge on any atom is 0.261 e. The van der Waals surface area contributed by atoms with Gasteiger partial charge in [-0.25, -0.2) is 8.42 Å². The van der Waals surface area contributed by atoms with Crippen LogP contribution in [0.25, 0.3) is 0 Å². The summed E-state index contributed by atoms with van der Waals surface area (Å²) >= 11 is 0. The number of benzene rings is 2. The second-order valence-corrected chi connectivity index (χ2v) is 7.90. The molecule has 2 aromatic carbocycles. The summed E-state index contributed by atoms with van der Waals surface area (Å²) in [6, 6.07) is 12.3. The topological polar surface area (TPSA) is 66.5 Å². The molecule has 25 heavy (non-hydrogen) atoms. The summed E-state index contributed by atoms with van der Waals surface area (Å²) in [6.45, 7) is 4.26. The van der Waals surface area contributed by atoms with Gasteiger partial charge in [0.05, 0.1) is 4.90 Å². The molecule has 5 nitrogen and oxygen atoms in total. The third kappa shape index (κ3) is 3.69. The van der Waals surface area contributed by atoms with E-state index in [0.29, 0.717) is 12.2 Å². The van der Waals surface area contributed by atoms with E-state index in [-0.39, 0.29) is 10.8 Å². The van der Waals surface area contributed by atoms with Crippen LogP contribution < -0.4 is 9.62 Å². The van der Waals surface area contributed by atoms with Crippen LogP contribution in [-0.2, 0) is 27.7 Å². The molecule has 0 radical (unpaired) electrons. The lowest BCUT2D eigenvalue weighted by Gasteiger charge is -2.28. The van der Waals surface area contributed by atoms with Crippen LogP contribution in [0.2, 0.25) is 0 Å². The third-order valence-corrected chi connectivity index (χ3v) is 5.85. The van der Waals surface area contributed by atoms with Crippen molar-refractivity contribution in [3.05, 3.63) is 53.6 Å². The van der Waals surface area contributed by atoms with E-state index >= 15 is 0 Å². The van der Waals surface area contributed by atoms with E-state index in [1.807, 2.05) is 12.1 Å². The van der Waals surface area contributed by atoms with Crippen molar-refractivity contribution in [2.24, 2.45) is 0 Å². The summed E-state index contributed by atoms with van der Waals surface area (Å²) in [5.41, 5.74) is 3.40. The lowest BCUT2D eigenvalue weighted by Crippen LogP contribution is -2.33. The fourth-order valence-electron chi connectivity index (χ4n) is 3.09. The maximum atomic E-state index is 12.7. The molecule has 1 amide bonds. The molecule has 6 heteroatoms. The van der Waals surface area contributed by atoms with Gasteiger partial charge in [0.25, 0.3) is 10.0 Å². The van der Waals surface area contributed by atoms with E-state index < -0.39 is 10.0 Å². The Bertz CT molecular complexity index is 889. The van der Waals surface area contributed by atoms with E-state index in [2.05, 4.69) is 11.6 Å². The highest BCUT2D eigenvalue weighted by molar-refractivity contribution is 7.92. The predicted molar refractivity (Wildman–Crippen MR) is 99.4 cm³/mol. The van der Waals surface area contributed by atoms with Crippen molar-refractivity contribution in [3.63, 3.8) is 0 Å². The third-order valence-electron chi connectivity index (χ3n) is 4.47. The molecular formula is C19H22N2O3S. The number of anilines is 2. The Hall–Kier alpha value is -2.34. The molecule has 0 aliphatic carbocycles. The summed E-state index contributed by atoms with van der Waals surface area (Å²) < 4.78 is 27.9. The summed E-state index contributed by atoms with van der Waals surface area (Å²) in [5.74, 6) is -0.0225. The number of rotatable bonds is 4. The van der Waals surface area contributed by atoms with Gasteiger partial charge in [-0.1, -0.05) is 19.1 Å². The molecular weight excluding hydrogens is 336 g/mol. The summed E-state index contributed by atoms with van der Waals surface area (Å²) in [5, 5.41) is 0. The summed E-state index contributed by atoms with van der Waals surface area (Å²) in [6.07, 6.45) is 2.51.